The molecule has 1 aliphatic carbocycles. The van der Waals surface area contributed by atoms with E-state index >= 15 is 0 Å². The summed E-state index contributed by atoms with van der Waals surface area (Å²) in [4.78, 5) is 0. The molecule has 0 spiro atoms. The van der Waals surface area contributed by atoms with Gasteiger partial charge in [-0.1, -0.05) is 26.2 Å². The molecule has 2 saturated heterocycles. The van der Waals surface area contributed by atoms with Gasteiger partial charge < -0.3 is 5.73 Å². The summed E-state index contributed by atoms with van der Waals surface area (Å²) in [5.41, 5.74) is 6.54. The third kappa shape index (κ3) is 3.59. The van der Waals surface area contributed by atoms with E-state index in [-0.39, 0.29) is 10.7 Å². The van der Waals surface area contributed by atoms with Crippen molar-refractivity contribution in [1.82, 2.24) is 0 Å². The number of nitrogens with two attached hydrogens (primary N) is 1. The second-order valence-electron chi connectivity index (χ2n) is 6.96. The number of hydrogen-bond acceptors (Lipinski definition) is 3. The smallest absolute Gasteiger partial charge is 0.157 e. The van der Waals surface area contributed by atoms with Crippen molar-refractivity contribution in [1.29, 1.82) is 0 Å². The number of fused-ring (bicyclic) bond motifs is 7. The Kier molecular flexibility index (Phi) is 5.25. The van der Waals surface area contributed by atoms with Gasteiger partial charge >= 0.3 is 0 Å². The lowest BCUT2D eigenvalue weighted by molar-refractivity contribution is 0.377. The van der Waals surface area contributed by atoms with Gasteiger partial charge in [-0.05, 0) is 49.3 Å². The summed E-state index contributed by atoms with van der Waals surface area (Å²) in [6.07, 6.45) is 8.36. The molecule has 4 unspecified atom stereocenters. The molecule has 0 aromatic heterocycles. The van der Waals surface area contributed by atoms with E-state index in [4.69, 9.17) is 5.73 Å². The van der Waals surface area contributed by atoms with Gasteiger partial charge in [-0.2, -0.15) is 0 Å². The Balaban J connectivity index is 2.10. The quantitative estimate of drug-likeness (QED) is 0.640. The highest BCUT2D eigenvalue weighted by Gasteiger charge is 2.52. The maximum absolute atomic E-state index is 12.3. The predicted molar refractivity (Wildman–Crippen MR) is 91.2 cm³/mol. The maximum Gasteiger partial charge on any atom is 0.157 e. The fourth-order valence-electron chi connectivity index (χ4n) is 4.15. The zero-order valence-electron chi connectivity index (χ0n) is 13.0. The van der Waals surface area contributed by atoms with Crippen molar-refractivity contribution in [2.75, 3.05) is 12.4 Å². The first-order chi connectivity index (χ1) is 9.35. The molecule has 20 heavy (non-hydrogen) atoms. The maximum atomic E-state index is 12.3. The second-order valence-corrected chi connectivity index (χ2v) is 11.1. The van der Waals surface area contributed by atoms with Gasteiger partial charge in [0, 0.05) is 5.75 Å². The lowest BCUT2D eigenvalue weighted by Gasteiger charge is -2.54. The van der Waals surface area contributed by atoms with Gasteiger partial charge in [0.25, 0.3) is 0 Å². The first kappa shape index (κ1) is 16.8. The molecule has 0 aromatic carbocycles. The van der Waals surface area contributed by atoms with Gasteiger partial charge in [-0.25, -0.2) is 8.42 Å². The Morgan fingerprint density at radius 2 is 1.95 bits per heavy atom. The van der Waals surface area contributed by atoms with E-state index in [1.54, 1.807) is 6.92 Å². The van der Waals surface area contributed by atoms with Gasteiger partial charge in [0.2, 0.25) is 0 Å². The zero-order chi connectivity index (χ0) is 14.9. The van der Waals surface area contributed by atoms with Crippen LogP contribution < -0.4 is 5.73 Å². The normalized spacial score (nSPS) is 39.9. The average Bonchev–Trinajstić information content (AvgIpc) is 2.43. The van der Waals surface area contributed by atoms with Crippen LogP contribution >= 0.6 is 8.58 Å². The monoisotopic (exact) mass is 317 g/mol. The summed E-state index contributed by atoms with van der Waals surface area (Å²) in [5.74, 6) is 0.292. The van der Waals surface area contributed by atoms with E-state index in [9.17, 15) is 8.42 Å². The molecule has 0 radical (unpaired) electrons. The molecule has 2 aliphatic heterocycles. The van der Waals surface area contributed by atoms with Crippen LogP contribution in [0.3, 0.4) is 0 Å². The van der Waals surface area contributed by atoms with Crippen molar-refractivity contribution in [3.05, 3.63) is 0 Å². The predicted octanol–water partition coefficient (Wildman–Crippen LogP) is 2.03. The van der Waals surface area contributed by atoms with Crippen molar-refractivity contribution < 1.29 is 8.42 Å². The van der Waals surface area contributed by atoms with Crippen LogP contribution in [0.2, 0.25) is 0 Å². The molecule has 3 aliphatic rings. The topological polar surface area (TPSA) is 60.2 Å². The van der Waals surface area contributed by atoms with E-state index < -0.39 is 9.84 Å². The van der Waals surface area contributed by atoms with Crippen LogP contribution in [0.4, 0.5) is 0 Å². The Hall–Kier alpha value is 0.405. The summed E-state index contributed by atoms with van der Waals surface area (Å²) in [6.45, 7) is 4.05. The molecule has 3 rings (SSSR count). The van der Waals surface area contributed by atoms with E-state index in [2.05, 4.69) is 6.66 Å². The van der Waals surface area contributed by atoms with E-state index in [1.807, 2.05) is 0 Å². The standard InChI is InChI=1S/C14H29BNO2PS/c1-3-20(17,18)12-7-5-4-6-9-13(16)11-14(15-13,19-2)10-8-12/h12,15,19H,3-11,16H2,1-2H3. The molecule has 6 heteroatoms. The molecule has 116 valence electrons. The van der Waals surface area contributed by atoms with Gasteiger partial charge in [-0.3, -0.25) is 0 Å². The number of hydrogen-bond donors (Lipinski definition) is 1. The van der Waals surface area contributed by atoms with Crippen LogP contribution in [0, 0.1) is 0 Å². The summed E-state index contributed by atoms with van der Waals surface area (Å²) < 4.78 is 24.5. The van der Waals surface area contributed by atoms with E-state index in [1.165, 1.54) is 0 Å². The minimum absolute atomic E-state index is 0.0620. The molecule has 3 fully saturated rings. The fraction of sp³-hybridized carbons (Fsp3) is 1.00. The third-order valence-electron chi connectivity index (χ3n) is 5.47. The zero-order valence-corrected chi connectivity index (χ0v) is 14.8. The van der Waals surface area contributed by atoms with Crippen molar-refractivity contribution >= 4 is 25.7 Å². The van der Waals surface area contributed by atoms with Gasteiger partial charge in [0.15, 0.2) is 17.1 Å². The van der Waals surface area contributed by atoms with Crippen molar-refractivity contribution in [2.45, 2.75) is 74.0 Å². The van der Waals surface area contributed by atoms with Gasteiger partial charge in [0.1, 0.15) is 0 Å². The number of sulfone groups is 1. The SMILES string of the molecule is CCS(=O)(=O)C1CCCCCC2(N)BC(PC)(CC1)C2. The van der Waals surface area contributed by atoms with Crippen LogP contribution in [0.15, 0.2) is 0 Å². The minimum Gasteiger partial charge on any atom is -0.332 e. The minimum atomic E-state index is -2.89. The molecule has 0 amide bonds. The summed E-state index contributed by atoms with van der Waals surface area (Å²) in [6, 6.07) is 0. The summed E-state index contributed by atoms with van der Waals surface area (Å²) in [7, 11) is -0.876. The highest BCUT2D eigenvalue weighted by molar-refractivity contribution is 7.92. The molecular weight excluding hydrogens is 288 g/mol. The number of rotatable bonds is 3. The average molecular weight is 317 g/mol. The Morgan fingerprint density at radius 1 is 1.25 bits per heavy atom. The second kappa shape index (κ2) is 6.26. The highest BCUT2D eigenvalue weighted by Crippen LogP contribution is 2.50. The highest BCUT2D eigenvalue weighted by atomic mass is 32.2. The van der Waals surface area contributed by atoms with Crippen LogP contribution in [-0.2, 0) is 9.84 Å². The first-order valence-electron chi connectivity index (χ1n) is 8.04. The van der Waals surface area contributed by atoms with Crippen molar-refractivity contribution in [3.63, 3.8) is 0 Å². The lowest BCUT2D eigenvalue weighted by atomic mass is 9.33. The van der Waals surface area contributed by atoms with Crippen LogP contribution in [0.1, 0.15) is 58.3 Å². The molecule has 2 N–H and O–H groups in total. The fourth-order valence-corrected chi connectivity index (χ4v) is 7.08. The Labute approximate surface area is 126 Å². The van der Waals surface area contributed by atoms with E-state index in [0.717, 1.165) is 67.2 Å². The molecule has 3 nitrogen and oxygen atoms in total. The van der Waals surface area contributed by atoms with Crippen LogP contribution in [0.5, 0.6) is 0 Å². The molecule has 2 heterocycles. The van der Waals surface area contributed by atoms with Crippen molar-refractivity contribution in [2.24, 2.45) is 5.73 Å². The Morgan fingerprint density at radius 3 is 2.55 bits per heavy atom. The molecule has 0 aromatic rings. The molecular formula is C14H29BNO2PS. The summed E-state index contributed by atoms with van der Waals surface area (Å²) >= 11 is 0. The van der Waals surface area contributed by atoms with E-state index in [0.29, 0.717) is 10.8 Å². The van der Waals surface area contributed by atoms with Crippen LogP contribution in [0.25, 0.3) is 0 Å². The first-order valence-corrected chi connectivity index (χ1v) is 11.3. The largest absolute Gasteiger partial charge is 0.332 e. The lowest BCUT2D eigenvalue weighted by Crippen LogP contribution is -2.68. The molecule has 1 saturated carbocycles. The molecule has 4 atom stereocenters. The van der Waals surface area contributed by atoms with Gasteiger partial charge in [-0.15, -0.1) is 8.58 Å². The van der Waals surface area contributed by atoms with Crippen molar-refractivity contribution in [3.8, 4) is 0 Å². The van der Waals surface area contributed by atoms with Crippen LogP contribution in [-0.4, -0.2) is 43.9 Å². The Bertz CT molecular complexity index is 434. The van der Waals surface area contributed by atoms with Gasteiger partial charge in [0.05, 0.1) is 5.25 Å². The molecule has 2 bridgehead atoms. The summed E-state index contributed by atoms with van der Waals surface area (Å²) in [5, 5.41) is 0.257. The third-order valence-corrected chi connectivity index (χ3v) is 9.42.